The van der Waals surface area contributed by atoms with Crippen molar-refractivity contribution in [1.82, 2.24) is 4.90 Å². The summed E-state index contributed by atoms with van der Waals surface area (Å²) in [4.78, 5) is 2.04. The highest BCUT2D eigenvalue weighted by Crippen LogP contribution is 2.23. The molecular weight excluding hydrogens is 311 g/mol. The molecule has 0 saturated carbocycles. The number of hydrogen-bond acceptors (Lipinski definition) is 2. The molecule has 5 heteroatoms. The number of nitrogens with one attached hydrogen (secondary N) is 1. The molecule has 1 aromatic carbocycles. The van der Waals surface area contributed by atoms with E-state index in [0.29, 0.717) is 16.7 Å². The zero-order chi connectivity index (χ0) is 16.8. The first kappa shape index (κ1) is 17.5. The van der Waals surface area contributed by atoms with Crippen LogP contribution < -0.4 is 5.32 Å². The summed E-state index contributed by atoms with van der Waals surface area (Å²) in [6.07, 6.45) is 2.64. The number of rotatable bonds is 6. The second-order valence-corrected chi connectivity index (χ2v) is 6.36. The lowest BCUT2D eigenvalue weighted by Crippen LogP contribution is -2.38. The van der Waals surface area contributed by atoms with Crippen molar-refractivity contribution in [3.05, 3.63) is 54.2 Å². The Bertz CT molecular complexity index is 628. The van der Waals surface area contributed by atoms with Crippen LogP contribution in [0.2, 0.25) is 0 Å². The number of anilines is 1. The van der Waals surface area contributed by atoms with E-state index in [1.54, 1.807) is 24.5 Å². The lowest BCUT2D eigenvalue weighted by atomic mass is 10.1. The second-order valence-electron chi connectivity index (χ2n) is 5.98. The average molecular weight is 334 g/mol. The normalized spacial score (nSPS) is 12.2. The van der Waals surface area contributed by atoms with Gasteiger partial charge in [0.2, 0.25) is 0 Å². The SMILES string of the molecule is CC(C)CCN(C(=S)Nc1ccccc1F)[C@H](C)c1ccco1. The smallest absolute Gasteiger partial charge is 0.174 e. The molecule has 1 N–H and O–H groups in total. The van der Waals surface area contributed by atoms with Crippen LogP contribution in [0.3, 0.4) is 0 Å². The van der Waals surface area contributed by atoms with E-state index in [2.05, 4.69) is 19.2 Å². The van der Waals surface area contributed by atoms with Gasteiger partial charge in [-0.3, -0.25) is 0 Å². The quantitative estimate of drug-likeness (QED) is 0.733. The zero-order valence-corrected chi connectivity index (χ0v) is 14.6. The van der Waals surface area contributed by atoms with Crippen molar-refractivity contribution >= 4 is 23.0 Å². The predicted octanol–water partition coefficient (Wildman–Crippen LogP) is 5.22. The summed E-state index contributed by atoms with van der Waals surface area (Å²) in [7, 11) is 0. The van der Waals surface area contributed by atoms with Gasteiger partial charge < -0.3 is 14.6 Å². The third-order valence-electron chi connectivity index (χ3n) is 3.75. The Morgan fingerprint density at radius 2 is 1.96 bits per heavy atom. The Morgan fingerprint density at radius 3 is 2.57 bits per heavy atom. The van der Waals surface area contributed by atoms with E-state index in [0.717, 1.165) is 18.7 Å². The van der Waals surface area contributed by atoms with Crippen LogP contribution in [-0.4, -0.2) is 16.6 Å². The molecule has 0 amide bonds. The van der Waals surface area contributed by atoms with Gasteiger partial charge in [-0.25, -0.2) is 4.39 Å². The van der Waals surface area contributed by atoms with Crippen molar-refractivity contribution < 1.29 is 8.81 Å². The second kappa shape index (κ2) is 8.11. The van der Waals surface area contributed by atoms with Gasteiger partial charge in [-0.2, -0.15) is 0 Å². The summed E-state index contributed by atoms with van der Waals surface area (Å²) in [5.74, 6) is 1.08. The summed E-state index contributed by atoms with van der Waals surface area (Å²) >= 11 is 5.53. The van der Waals surface area contributed by atoms with E-state index in [1.165, 1.54) is 6.07 Å². The summed E-state index contributed by atoms with van der Waals surface area (Å²) in [6.45, 7) is 7.15. The Labute approximate surface area is 142 Å². The fourth-order valence-corrected chi connectivity index (χ4v) is 2.66. The number of hydrogen-bond donors (Lipinski definition) is 1. The fourth-order valence-electron chi connectivity index (χ4n) is 2.30. The van der Waals surface area contributed by atoms with Crippen LogP contribution >= 0.6 is 12.2 Å². The van der Waals surface area contributed by atoms with E-state index in [9.17, 15) is 4.39 Å². The molecule has 0 aliphatic rings. The molecule has 1 heterocycles. The summed E-state index contributed by atoms with van der Waals surface area (Å²) in [6, 6.07) is 10.3. The van der Waals surface area contributed by atoms with E-state index in [-0.39, 0.29) is 11.9 Å². The molecule has 0 bridgehead atoms. The molecule has 0 radical (unpaired) electrons. The van der Waals surface area contributed by atoms with Gasteiger partial charge in [0.05, 0.1) is 18.0 Å². The minimum atomic E-state index is -0.315. The number of benzene rings is 1. The van der Waals surface area contributed by atoms with E-state index < -0.39 is 0 Å². The first-order chi connectivity index (χ1) is 11.0. The molecule has 0 saturated heterocycles. The van der Waals surface area contributed by atoms with E-state index in [1.807, 2.05) is 24.0 Å². The third kappa shape index (κ3) is 4.79. The van der Waals surface area contributed by atoms with Crippen LogP contribution in [0.15, 0.2) is 47.1 Å². The summed E-state index contributed by atoms with van der Waals surface area (Å²) in [5.41, 5.74) is 0.388. The predicted molar refractivity (Wildman–Crippen MR) is 95.9 cm³/mol. The van der Waals surface area contributed by atoms with Gasteiger partial charge in [-0.05, 0) is 55.7 Å². The number of halogens is 1. The molecule has 0 fully saturated rings. The van der Waals surface area contributed by atoms with E-state index >= 15 is 0 Å². The van der Waals surface area contributed by atoms with Gasteiger partial charge in [0.25, 0.3) is 0 Å². The van der Waals surface area contributed by atoms with Gasteiger partial charge in [0, 0.05) is 6.54 Å². The highest BCUT2D eigenvalue weighted by Gasteiger charge is 2.21. The number of furan rings is 1. The van der Waals surface area contributed by atoms with Crippen LogP contribution in [-0.2, 0) is 0 Å². The van der Waals surface area contributed by atoms with Crippen molar-refractivity contribution in [2.45, 2.75) is 33.2 Å². The monoisotopic (exact) mass is 334 g/mol. The Morgan fingerprint density at radius 1 is 1.22 bits per heavy atom. The molecule has 3 nitrogen and oxygen atoms in total. The van der Waals surface area contributed by atoms with Crippen molar-refractivity contribution in [2.75, 3.05) is 11.9 Å². The lowest BCUT2D eigenvalue weighted by Gasteiger charge is -2.31. The van der Waals surface area contributed by atoms with Crippen LogP contribution in [0.25, 0.3) is 0 Å². The fraction of sp³-hybridized carbons (Fsp3) is 0.389. The Kier molecular flexibility index (Phi) is 6.16. The minimum absolute atomic E-state index is 0.0180. The maximum atomic E-state index is 13.8. The molecule has 23 heavy (non-hydrogen) atoms. The molecule has 124 valence electrons. The maximum absolute atomic E-state index is 13.8. The number of para-hydroxylation sites is 1. The van der Waals surface area contributed by atoms with Gasteiger partial charge in [-0.1, -0.05) is 26.0 Å². The minimum Gasteiger partial charge on any atom is -0.467 e. The molecular formula is C18H23FN2OS. The van der Waals surface area contributed by atoms with Crippen molar-refractivity contribution in [1.29, 1.82) is 0 Å². The molecule has 1 atom stereocenters. The first-order valence-electron chi connectivity index (χ1n) is 7.84. The van der Waals surface area contributed by atoms with Crippen molar-refractivity contribution in [3.8, 4) is 0 Å². The molecule has 0 spiro atoms. The highest BCUT2D eigenvalue weighted by atomic mass is 32.1. The van der Waals surface area contributed by atoms with Gasteiger partial charge in [0.1, 0.15) is 11.6 Å². The molecule has 2 aromatic rings. The first-order valence-corrected chi connectivity index (χ1v) is 8.25. The maximum Gasteiger partial charge on any atom is 0.174 e. The standard InChI is InChI=1S/C18H23FN2OS/c1-13(2)10-11-21(14(3)17-9-6-12-22-17)18(23)20-16-8-5-4-7-15(16)19/h4-9,12-14H,10-11H2,1-3H3,(H,20,23)/t14-/m1/s1. The van der Waals surface area contributed by atoms with Crippen molar-refractivity contribution in [3.63, 3.8) is 0 Å². The molecule has 1 aromatic heterocycles. The molecule has 0 aliphatic heterocycles. The van der Waals surface area contributed by atoms with E-state index in [4.69, 9.17) is 16.6 Å². The lowest BCUT2D eigenvalue weighted by molar-refractivity contribution is 0.281. The van der Waals surface area contributed by atoms with Gasteiger partial charge in [0.15, 0.2) is 5.11 Å². The van der Waals surface area contributed by atoms with Crippen LogP contribution in [0.5, 0.6) is 0 Å². The summed E-state index contributed by atoms with van der Waals surface area (Å²) in [5, 5.41) is 3.52. The largest absolute Gasteiger partial charge is 0.467 e. The number of thiocarbonyl (C=S) groups is 1. The van der Waals surface area contributed by atoms with Gasteiger partial charge in [-0.15, -0.1) is 0 Å². The third-order valence-corrected chi connectivity index (χ3v) is 4.08. The molecule has 2 rings (SSSR count). The average Bonchev–Trinajstić information content (AvgIpc) is 3.03. The molecule has 0 unspecified atom stereocenters. The van der Waals surface area contributed by atoms with Crippen LogP contribution in [0.4, 0.5) is 10.1 Å². The Hall–Kier alpha value is -1.88. The molecule has 0 aliphatic carbocycles. The van der Waals surface area contributed by atoms with Gasteiger partial charge >= 0.3 is 0 Å². The van der Waals surface area contributed by atoms with Crippen LogP contribution in [0.1, 0.15) is 39.0 Å². The topological polar surface area (TPSA) is 28.4 Å². The Balaban J connectivity index is 2.15. The zero-order valence-electron chi connectivity index (χ0n) is 13.8. The number of nitrogens with zero attached hydrogens (tertiary/aromatic N) is 1. The highest BCUT2D eigenvalue weighted by molar-refractivity contribution is 7.80. The summed E-state index contributed by atoms with van der Waals surface area (Å²) < 4.78 is 19.3. The van der Waals surface area contributed by atoms with Crippen molar-refractivity contribution in [2.24, 2.45) is 5.92 Å². The van der Waals surface area contributed by atoms with Crippen LogP contribution in [0, 0.1) is 11.7 Å².